The van der Waals surface area contributed by atoms with E-state index in [1.807, 2.05) is 13.8 Å². The van der Waals surface area contributed by atoms with Crippen LogP contribution in [0.3, 0.4) is 0 Å². The molecule has 0 spiro atoms. The fraction of sp³-hybridized carbons (Fsp3) is 0.286. The zero-order chi connectivity index (χ0) is 22.2. The molecule has 0 aliphatic rings. The minimum Gasteiger partial charge on any atom is -0.492 e. The molecule has 3 N–H and O–H groups in total. The van der Waals surface area contributed by atoms with E-state index >= 15 is 0 Å². The number of anilines is 2. The summed E-state index contributed by atoms with van der Waals surface area (Å²) in [6, 6.07) is 10.1. The normalized spacial score (nSPS) is 10.6. The zero-order valence-electron chi connectivity index (χ0n) is 17.6. The van der Waals surface area contributed by atoms with Gasteiger partial charge in [0, 0.05) is 37.1 Å². The van der Waals surface area contributed by atoms with Crippen LogP contribution >= 0.6 is 0 Å². The molecule has 0 radical (unpaired) electrons. The standard InChI is InChI=1S/C21H25N7O3/c1-14(2)18-13-19(28(27-18)20-22-8-5-9-23-20)26-21(30)24-10-11-31-17-7-4-6-16(12-17)25-15(3)29/h4-9,12-14H,10-11H2,1-3H3,(H,25,29)(H2,24,26,30). The number of ether oxygens (including phenoxy) is 1. The van der Waals surface area contributed by atoms with Crippen LogP contribution < -0.4 is 20.7 Å². The average molecular weight is 423 g/mol. The van der Waals surface area contributed by atoms with Crippen molar-refractivity contribution in [3.63, 3.8) is 0 Å². The maximum atomic E-state index is 12.4. The van der Waals surface area contributed by atoms with Crippen molar-refractivity contribution in [2.24, 2.45) is 0 Å². The molecule has 0 aliphatic carbocycles. The summed E-state index contributed by atoms with van der Waals surface area (Å²) in [5.74, 6) is 1.45. The molecule has 2 heterocycles. The van der Waals surface area contributed by atoms with Crippen LogP contribution in [0, 0.1) is 0 Å². The van der Waals surface area contributed by atoms with Gasteiger partial charge in [-0.15, -0.1) is 0 Å². The number of carbonyl (C=O) groups is 2. The lowest BCUT2D eigenvalue weighted by Gasteiger charge is -2.10. The van der Waals surface area contributed by atoms with Gasteiger partial charge in [0.15, 0.2) is 0 Å². The highest BCUT2D eigenvalue weighted by Gasteiger charge is 2.15. The number of hydrogen-bond donors (Lipinski definition) is 3. The number of nitrogens with one attached hydrogen (secondary N) is 3. The molecule has 3 rings (SSSR count). The molecule has 0 fully saturated rings. The Kier molecular flexibility index (Phi) is 7.15. The highest BCUT2D eigenvalue weighted by atomic mass is 16.5. The van der Waals surface area contributed by atoms with Crippen LogP contribution in [0.1, 0.15) is 32.4 Å². The van der Waals surface area contributed by atoms with Crippen LogP contribution in [0.25, 0.3) is 5.95 Å². The van der Waals surface area contributed by atoms with E-state index in [0.29, 0.717) is 23.2 Å². The van der Waals surface area contributed by atoms with Crippen molar-refractivity contribution >= 4 is 23.4 Å². The molecule has 10 nitrogen and oxygen atoms in total. The van der Waals surface area contributed by atoms with Crippen molar-refractivity contribution in [3.8, 4) is 11.7 Å². The topological polar surface area (TPSA) is 123 Å². The van der Waals surface area contributed by atoms with Gasteiger partial charge in [-0.1, -0.05) is 19.9 Å². The molecule has 3 aromatic rings. The summed E-state index contributed by atoms with van der Waals surface area (Å²) in [6.07, 6.45) is 3.22. The Morgan fingerprint density at radius 2 is 1.87 bits per heavy atom. The van der Waals surface area contributed by atoms with Crippen molar-refractivity contribution in [1.29, 1.82) is 0 Å². The Balaban J connectivity index is 1.55. The Labute approximate surface area is 180 Å². The summed E-state index contributed by atoms with van der Waals surface area (Å²) in [7, 11) is 0. The fourth-order valence-corrected chi connectivity index (χ4v) is 2.68. The summed E-state index contributed by atoms with van der Waals surface area (Å²) < 4.78 is 7.13. The third-order valence-electron chi connectivity index (χ3n) is 4.11. The molecule has 10 heteroatoms. The minimum atomic E-state index is -0.400. The van der Waals surface area contributed by atoms with Gasteiger partial charge in [0.25, 0.3) is 5.95 Å². The molecule has 3 amide bonds. The quantitative estimate of drug-likeness (QED) is 0.479. The van der Waals surface area contributed by atoms with E-state index in [4.69, 9.17) is 4.74 Å². The molecule has 162 valence electrons. The smallest absolute Gasteiger partial charge is 0.320 e. The summed E-state index contributed by atoms with van der Waals surface area (Å²) in [6.45, 7) is 6.01. The number of nitrogens with zero attached hydrogens (tertiary/aromatic N) is 4. The molecular weight excluding hydrogens is 398 g/mol. The minimum absolute atomic E-state index is 0.156. The lowest BCUT2D eigenvalue weighted by Crippen LogP contribution is -2.33. The Bertz CT molecular complexity index is 1030. The first-order valence-electron chi connectivity index (χ1n) is 9.85. The first-order valence-corrected chi connectivity index (χ1v) is 9.85. The van der Waals surface area contributed by atoms with Gasteiger partial charge in [0.2, 0.25) is 5.91 Å². The van der Waals surface area contributed by atoms with Crippen molar-refractivity contribution < 1.29 is 14.3 Å². The number of amides is 3. The highest BCUT2D eigenvalue weighted by molar-refractivity contribution is 5.89. The number of aromatic nitrogens is 4. The summed E-state index contributed by atoms with van der Waals surface area (Å²) in [4.78, 5) is 31.9. The zero-order valence-corrected chi connectivity index (χ0v) is 17.6. The number of carbonyl (C=O) groups excluding carboxylic acids is 2. The van der Waals surface area contributed by atoms with Gasteiger partial charge in [0.1, 0.15) is 18.2 Å². The van der Waals surface area contributed by atoms with Gasteiger partial charge in [-0.05, 0) is 24.1 Å². The Morgan fingerprint density at radius 3 is 2.58 bits per heavy atom. The van der Waals surface area contributed by atoms with E-state index in [9.17, 15) is 9.59 Å². The second-order valence-electron chi connectivity index (χ2n) is 7.01. The Morgan fingerprint density at radius 1 is 1.10 bits per heavy atom. The van der Waals surface area contributed by atoms with E-state index in [1.54, 1.807) is 48.8 Å². The molecule has 1 aromatic carbocycles. The molecular formula is C21H25N7O3. The number of hydrogen-bond acceptors (Lipinski definition) is 6. The lowest BCUT2D eigenvalue weighted by atomic mass is 10.1. The summed E-state index contributed by atoms with van der Waals surface area (Å²) >= 11 is 0. The highest BCUT2D eigenvalue weighted by Crippen LogP contribution is 2.20. The van der Waals surface area contributed by atoms with Crippen LogP contribution in [0.5, 0.6) is 5.75 Å². The lowest BCUT2D eigenvalue weighted by molar-refractivity contribution is -0.114. The van der Waals surface area contributed by atoms with Gasteiger partial charge < -0.3 is 15.4 Å². The van der Waals surface area contributed by atoms with Gasteiger partial charge in [0.05, 0.1) is 12.2 Å². The van der Waals surface area contributed by atoms with Crippen LogP contribution in [-0.2, 0) is 4.79 Å². The second-order valence-corrected chi connectivity index (χ2v) is 7.01. The number of urea groups is 1. The first kappa shape index (κ1) is 21.8. The Hall–Kier alpha value is -3.95. The maximum absolute atomic E-state index is 12.4. The average Bonchev–Trinajstić information content (AvgIpc) is 3.16. The molecule has 0 bridgehead atoms. The second kappa shape index (κ2) is 10.2. The molecule has 0 saturated heterocycles. The van der Waals surface area contributed by atoms with Crippen molar-refractivity contribution in [1.82, 2.24) is 25.1 Å². The van der Waals surface area contributed by atoms with Crippen LogP contribution in [-0.4, -0.2) is 44.8 Å². The van der Waals surface area contributed by atoms with Crippen molar-refractivity contribution in [2.45, 2.75) is 26.7 Å². The SMILES string of the molecule is CC(=O)Nc1cccc(OCCNC(=O)Nc2cc(C(C)C)nn2-c2ncccn2)c1. The summed E-state index contributed by atoms with van der Waals surface area (Å²) in [5.41, 5.74) is 1.46. The number of rotatable bonds is 8. The molecule has 0 unspecified atom stereocenters. The van der Waals surface area contributed by atoms with Crippen molar-refractivity contribution in [3.05, 3.63) is 54.5 Å². The van der Waals surface area contributed by atoms with Gasteiger partial charge in [-0.25, -0.2) is 14.8 Å². The van der Waals surface area contributed by atoms with Crippen molar-refractivity contribution in [2.75, 3.05) is 23.8 Å². The van der Waals surface area contributed by atoms with Gasteiger partial charge in [-0.2, -0.15) is 9.78 Å². The van der Waals surface area contributed by atoms with E-state index in [-0.39, 0.29) is 25.0 Å². The molecule has 0 aliphatic heterocycles. The van der Waals surface area contributed by atoms with Crippen LogP contribution in [0.15, 0.2) is 48.8 Å². The largest absolute Gasteiger partial charge is 0.492 e. The monoisotopic (exact) mass is 423 g/mol. The van der Waals surface area contributed by atoms with E-state index < -0.39 is 6.03 Å². The van der Waals surface area contributed by atoms with E-state index in [1.165, 1.54) is 11.6 Å². The molecule has 0 atom stereocenters. The van der Waals surface area contributed by atoms with Gasteiger partial charge >= 0.3 is 6.03 Å². The predicted molar refractivity (Wildman–Crippen MR) is 117 cm³/mol. The number of benzene rings is 1. The fourth-order valence-electron chi connectivity index (χ4n) is 2.68. The van der Waals surface area contributed by atoms with E-state index in [0.717, 1.165) is 5.69 Å². The molecule has 0 saturated carbocycles. The van der Waals surface area contributed by atoms with Crippen LogP contribution in [0.2, 0.25) is 0 Å². The third kappa shape index (κ3) is 6.26. The van der Waals surface area contributed by atoms with Gasteiger partial charge in [-0.3, -0.25) is 10.1 Å². The van der Waals surface area contributed by atoms with E-state index in [2.05, 4.69) is 31.0 Å². The molecule has 2 aromatic heterocycles. The maximum Gasteiger partial charge on any atom is 0.320 e. The predicted octanol–water partition coefficient (Wildman–Crippen LogP) is 2.94. The third-order valence-corrected chi connectivity index (χ3v) is 4.11. The molecule has 31 heavy (non-hydrogen) atoms. The first-order chi connectivity index (χ1) is 14.9. The van der Waals surface area contributed by atoms with Crippen LogP contribution in [0.4, 0.5) is 16.3 Å². The summed E-state index contributed by atoms with van der Waals surface area (Å²) in [5, 5.41) is 12.7.